The summed E-state index contributed by atoms with van der Waals surface area (Å²) in [5, 5.41) is 13.3. The largest absolute Gasteiger partial charge is 0.394 e. The first-order valence-electron chi connectivity index (χ1n) is 6.15. The van der Waals surface area contributed by atoms with Gasteiger partial charge < -0.3 is 15.3 Å². The van der Waals surface area contributed by atoms with Crippen LogP contribution in [-0.4, -0.2) is 31.3 Å². The Morgan fingerprint density at radius 1 is 1.44 bits per heavy atom. The molecule has 4 heteroatoms. The van der Waals surface area contributed by atoms with Gasteiger partial charge in [-0.05, 0) is 45.5 Å². The molecule has 0 radical (unpaired) electrons. The summed E-state index contributed by atoms with van der Waals surface area (Å²) in [6.07, 6.45) is 0. The highest BCUT2D eigenvalue weighted by Gasteiger charge is 2.24. The zero-order chi connectivity index (χ0) is 13.9. The maximum Gasteiger partial charge on any atom is 0.0658 e. The number of nitrogens with one attached hydrogen (secondary N) is 1. The molecule has 0 aromatic heterocycles. The Morgan fingerprint density at radius 2 is 2.06 bits per heavy atom. The van der Waals surface area contributed by atoms with Crippen LogP contribution < -0.4 is 10.2 Å². The zero-order valence-corrected chi connectivity index (χ0v) is 12.5. The van der Waals surface area contributed by atoms with Crippen molar-refractivity contribution in [3.05, 3.63) is 28.8 Å². The molecular weight excluding hydrogens is 248 g/mol. The van der Waals surface area contributed by atoms with E-state index in [9.17, 15) is 5.11 Å². The molecule has 0 saturated heterocycles. The number of hydrogen-bond donors (Lipinski definition) is 2. The fraction of sp³-hybridized carbons (Fsp3) is 0.571. The minimum absolute atomic E-state index is 0.0779. The van der Waals surface area contributed by atoms with Gasteiger partial charge >= 0.3 is 0 Å². The second kappa shape index (κ2) is 5.91. The molecule has 2 N–H and O–H groups in total. The van der Waals surface area contributed by atoms with Crippen LogP contribution in [0.15, 0.2) is 18.2 Å². The van der Waals surface area contributed by atoms with Gasteiger partial charge in [0.1, 0.15) is 0 Å². The van der Waals surface area contributed by atoms with Crippen molar-refractivity contribution in [2.24, 2.45) is 0 Å². The Kier molecular flexibility index (Phi) is 5.02. The van der Waals surface area contributed by atoms with Gasteiger partial charge in [-0.2, -0.15) is 0 Å². The lowest BCUT2D eigenvalue weighted by Crippen LogP contribution is -2.44. The zero-order valence-electron chi connectivity index (χ0n) is 11.8. The van der Waals surface area contributed by atoms with Crippen molar-refractivity contribution < 1.29 is 5.11 Å². The lowest BCUT2D eigenvalue weighted by molar-refractivity contribution is 0.216. The summed E-state index contributed by atoms with van der Waals surface area (Å²) in [5.74, 6) is 0. The van der Waals surface area contributed by atoms with E-state index in [1.165, 1.54) is 0 Å². The van der Waals surface area contributed by atoms with Crippen molar-refractivity contribution >= 4 is 17.3 Å². The van der Waals surface area contributed by atoms with Crippen molar-refractivity contribution in [2.75, 3.05) is 25.6 Å². The summed E-state index contributed by atoms with van der Waals surface area (Å²) in [4.78, 5) is 2.00. The van der Waals surface area contributed by atoms with Gasteiger partial charge in [0.25, 0.3) is 0 Å². The molecule has 0 bridgehead atoms. The predicted molar refractivity (Wildman–Crippen MR) is 78.5 cm³/mol. The molecule has 0 aliphatic heterocycles. The van der Waals surface area contributed by atoms with Gasteiger partial charge in [-0.15, -0.1) is 0 Å². The van der Waals surface area contributed by atoms with E-state index in [1.807, 2.05) is 45.0 Å². The van der Waals surface area contributed by atoms with E-state index in [0.29, 0.717) is 5.02 Å². The molecule has 18 heavy (non-hydrogen) atoms. The topological polar surface area (TPSA) is 35.5 Å². The highest BCUT2D eigenvalue weighted by atomic mass is 35.5. The standard InChI is InChI=1S/C14H23ClN2O/c1-10(16-4)11-6-7-13(12(15)8-11)17(5)14(2,3)9-18/h6-8,10,16,18H,9H2,1-5H3. The molecule has 1 aromatic rings. The first-order chi connectivity index (χ1) is 8.33. The van der Waals surface area contributed by atoms with E-state index in [-0.39, 0.29) is 18.2 Å². The van der Waals surface area contributed by atoms with Gasteiger partial charge in [-0.3, -0.25) is 0 Å². The number of anilines is 1. The molecule has 0 spiro atoms. The minimum atomic E-state index is -0.334. The van der Waals surface area contributed by atoms with Gasteiger partial charge in [-0.25, -0.2) is 0 Å². The van der Waals surface area contributed by atoms with Crippen LogP contribution in [0, 0.1) is 0 Å². The van der Waals surface area contributed by atoms with E-state index in [2.05, 4.69) is 18.3 Å². The highest BCUT2D eigenvalue weighted by molar-refractivity contribution is 6.33. The van der Waals surface area contributed by atoms with Gasteiger partial charge in [0, 0.05) is 13.1 Å². The number of aliphatic hydroxyl groups excluding tert-OH is 1. The number of nitrogens with zero attached hydrogens (tertiary/aromatic N) is 1. The number of benzene rings is 1. The molecule has 0 fully saturated rings. The first kappa shape index (κ1) is 15.3. The predicted octanol–water partition coefficient (Wildman–Crippen LogP) is 2.83. The Hall–Kier alpha value is -0.770. The Morgan fingerprint density at radius 3 is 2.50 bits per heavy atom. The van der Waals surface area contributed by atoms with E-state index in [4.69, 9.17) is 11.6 Å². The second-order valence-corrected chi connectivity index (χ2v) is 5.66. The van der Waals surface area contributed by atoms with Crippen LogP contribution in [0.4, 0.5) is 5.69 Å². The molecule has 102 valence electrons. The Labute approximate surface area is 115 Å². The van der Waals surface area contributed by atoms with Crippen molar-refractivity contribution in [2.45, 2.75) is 32.4 Å². The number of likely N-dealkylation sites (N-methyl/N-ethyl adjacent to an activating group) is 1. The maximum absolute atomic E-state index is 9.40. The maximum atomic E-state index is 9.40. The van der Waals surface area contributed by atoms with E-state index < -0.39 is 0 Å². The summed E-state index contributed by atoms with van der Waals surface area (Å²) in [7, 11) is 3.87. The molecule has 1 aromatic carbocycles. The number of halogens is 1. The van der Waals surface area contributed by atoms with Crippen LogP contribution in [0.1, 0.15) is 32.4 Å². The van der Waals surface area contributed by atoms with Crippen LogP contribution in [0.5, 0.6) is 0 Å². The second-order valence-electron chi connectivity index (χ2n) is 5.25. The molecule has 0 amide bonds. The van der Waals surface area contributed by atoms with Gasteiger partial charge in [-0.1, -0.05) is 17.7 Å². The molecular formula is C14H23ClN2O. The number of aliphatic hydroxyl groups is 1. The fourth-order valence-electron chi connectivity index (χ4n) is 1.66. The van der Waals surface area contributed by atoms with E-state index in [0.717, 1.165) is 11.3 Å². The van der Waals surface area contributed by atoms with Crippen LogP contribution in [-0.2, 0) is 0 Å². The third kappa shape index (κ3) is 3.16. The average Bonchev–Trinajstić information content (AvgIpc) is 2.36. The van der Waals surface area contributed by atoms with Crippen LogP contribution in [0.3, 0.4) is 0 Å². The minimum Gasteiger partial charge on any atom is -0.394 e. The molecule has 0 heterocycles. The molecule has 1 atom stereocenters. The third-order valence-electron chi connectivity index (χ3n) is 3.56. The fourth-order valence-corrected chi connectivity index (χ4v) is 1.98. The van der Waals surface area contributed by atoms with Crippen LogP contribution >= 0.6 is 11.6 Å². The number of rotatable bonds is 5. The lowest BCUT2D eigenvalue weighted by Gasteiger charge is -2.36. The van der Waals surface area contributed by atoms with Gasteiger partial charge in [0.2, 0.25) is 0 Å². The van der Waals surface area contributed by atoms with Crippen LogP contribution in [0.2, 0.25) is 5.02 Å². The van der Waals surface area contributed by atoms with Crippen molar-refractivity contribution in [3.8, 4) is 0 Å². The van der Waals surface area contributed by atoms with E-state index >= 15 is 0 Å². The molecule has 0 saturated carbocycles. The highest BCUT2D eigenvalue weighted by Crippen LogP contribution is 2.31. The Bertz CT molecular complexity index is 407. The molecule has 0 aliphatic carbocycles. The van der Waals surface area contributed by atoms with E-state index in [1.54, 1.807) is 0 Å². The molecule has 1 unspecified atom stereocenters. The Balaban J connectivity index is 3.06. The smallest absolute Gasteiger partial charge is 0.0658 e. The first-order valence-corrected chi connectivity index (χ1v) is 6.52. The summed E-state index contributed by atoms with van der Waals surface area (Å²) >= 11 is 6.34. The number of hydrogen-bond acceptors (Lipinski definition) is 3. The van der Waals surface area contributed by atoms with Gasteiger partial charge in [0.05, 0.1) is 22.9 Å². The molecule has 1 rings (SSSR count). The van der Waals surface area contributed by atoms with Crippen molar-refractivity contribution in [1.82, 2.24) is 5.32 Å². The van der Waals surface area contributed by atoms with Crippen molar-refractivity contribution in [3.63, 3.8) is 0 Å². The normalized spacial score (nSPS) is 13.5. The van der Waals surface area contributed by atoms with Gasteiger partial charge in [0.15, 0.2) is 0 Å². The summed E-state index contributed by atoms with van der Waals surface area (Å²) in [6.45, 7) is 6.13. The quantitative estimate of drug-likeness (QED) is 0.864. The van der Waals surface area contributed by atoms with Crippen LogP contribution in [0.25, 0.3) is 0 Å². The molecule has 3 nitrogen and oxygen atoms in total. The summed E-state index contributed by atoms with van der Waals surface area (Å²) in [5.41, 5.74) is 1.75. The molecule has 0 aliphatic rings. The monoisotopic (exact) mass is 270 g/mol. The third-order valence-corrected chi connectivity index (χ3v) is 3.86. The average molecular weight is 271 g/mol. The SMILES string of the molecule is CNC(C)c1ccc(N(C)C(C)(C)CO)c(Cl)c1. The van der Waals surface area contributed by atoms with Crippen molar-refractivity contribution in [1.29, 1.82) is 0 Å². The lowest BCUT2D eigenvalue weighted by atomic mass is 10.0. The summed E-state index contributed by atoms with van der Waals surface area (Å²) in [6, 6.07) is 6.31. The summed E-state index contributed by atoms with van der Waals surface area (Å²) < 4.78 is 0.